The lowest BCUT2D eigenvalue weighted by Gasteiger charge is -2.15. The molecule has 2 heterocycles. The van der Waals surface area contributed by atoms with Crippen molar-refractivity contribution < 1.29 is 14.2 Å². The number of imidazole rings is 1. The second kappa shape index (κ2) is 8.32. The highest BCUT2D eigenvalue weighted by atomic mass is 16.5. The van der Waals surface area contributed by atoms with Gasteiger partial charge in [-0.3, -0.25) is 0 Å². The highest BCUT2D eigenvalue weighted by Gasteiger charge is 2.14. The minimum atomic E-state index is 0.547. The zero-order chi connectivity index (χ0) is 21.1. The van der Waals surface area contributed by atoms with E-state index in [9.17, 15) is 0 Å². The Morgan fingerprint density at radius 1 is 0.933 bits per heavy atom. The fourth-order valence-electron chi connectivity index (χ4n) is 3.45. The second-order valence-corrected chi connectivity index (χ2v) is 6.85. The van der Waals surface area contributed by atoms with Crippen LogP contribution in [0.4, 0.5) is 11.5 Å². The molecule has 4 rings (SSSR count). The van der Waals surface area contributed by atoms with Crippen LogP contribution in [0.25, 0.3) is 11.0 Å². The highest BCUT2D eigenvalue weighted by Crippen LogP contribution is 2.40. The molecule has 7 nitrogen and oxygen atoms in total. The third kappa shape index (κ3) is 3.74. The van der Waals surface area contributed by atoms with Gasteiger partial charge < -0.3 is 24.1 Å². The van der Waals surface area contributed by atoms with Gasteiger partial charge >= 0.3 is 0 Å². The summed E-state index contributed by atoms with van der Waals surface area (Å²) in [5.41, 5.74) is 3.87. The van der Waals surface area contributed by atoms with Crippen molar-refractivity contribution >= 4 is 22.5 Å². The monoisotopic (exact) mass is 404 g/mol. The quantitative estimate of drug-likeness (QED) is 0.494. The third-order valence-corrected chi connectivity index (χ3v) is 5.00. The van der Waals surface area contributed by atoms with Gasteiger partial charge in [0.1, 0.15) is 17.2 Å². The standard InChI is InChI=1S/C23H24N4O3/c1-27-18-13-21(25-16-11-19(28-2)23(30-4)20(12-16)29-3)24-14-17(18)26-22(27)10-15-8-6-5-7-9-15/h5-9,11-14H,10H2,1-4H3,(H,24,25). The number of ether oxygens (including phenoxy) is 3. The first-order valence-electron chi connectivity index (χ1n) is 9.55. The Kier molecular flexibility index (Phi) is 5.43. The van der Waals surface area contributed by atoms with Crippen LogP contribution in [0.5, 0.6) is 17.2 Å². The van der Waals surface area contributed by atoms with Gasteiger partial charge in [-0.15, -0.1) is 0 Å². The predicted molar refractivity (Wildman–Crippen MR) is 117 cm³/mol. The molecule has 4 aromatic rings. The molecule has 0 aliphatic carbocycles. The fourth-order valence-corrected chi connectivity index (χ4v) is 3.45. The Hall–Kier alpha value is -3.74. The Morgan fingerprint density at radius 2 is 1.63 bits per heavy atom. The van der Waals surface area contributed by atoms with Crippen molar-refractivity contribution in [2.24, 2.45) is 7.05 Å². The number of aromatic nitrogens is 3. The van der Waals surface area contributed by atoms with Crippen molar-refractivity contribution in [1.82, 2.24) is 14.5 Å². The minimum absolute atomic E-state index is 0.547. The maximum absolute atomic E-state index is 5.43. The van der Waals surface area contributed by atoms with Gasteiger partial charge in [0.05, 0.1) is 33.0 Å². The molecule has 2 aromatic carbocycles. The van der Waals surface area contributed by atoms with Crippen molar-refractivity contribution in [1.29, 1.82) is 0 Å². The average Bonchev–Trinajstić information content (AvgIpc) is 3.08. The van der Waals surface area contributed by atoms with E-state index >= 15 is 0 Å². The van der Waals surface area contributed by atoms with Crippen LogP contribution in [0, 0.1) is 0 Å². The molecule has 0 atom stereocenters. The number of hydrogen-bond acceptors (Lipinski definition) is 6. The molecule has 0 bridgehead atoms. The number of rotatable bonds is 7. The Bertz CT molecular complexity index is 1150. The van der Waals surface area contributed by atoms with E-state index in [1.807, 2.05) is 43.4 Å². The van der Waals surface area contributed by atoms with Gasteiger partial charge in [-0.1, -0.05) is 30.3 Å². The van der Waals surface area contributed by atoms with Crippen LogP contribution in [0.3, 0.4) is 0 Å². The maximum atomic E-state index is 5.43. The van der Waals surface area contributed by atoms with Crippen LogP contribution in [0.15, 0.2) is 54.7 Å². The van der Waals surface area contributed by atoms with Crippen molar-refractivity contribution in [3.63, 3.8) is 0 Å². The normalized spacial score (nSPS) is 10.8. The van der Waals surface area contributed by atoms with Gasteiger partial charge in [0, 0.05) is 37.4 Å². The summed E-state index contributed by atoms with van der Waals surface area (Å²) in [4.78, 5) is 9.27. The first kappa shape index (κ1) is 19.6. The zero-order valence-corrected chi connectivity index (χ0v) is 17.5. The molecular formula is C23H24N4O3. The molecule has 1 N–H and O–H groups in total. The molecule has 0 saturated carbocycles. The molecule has 0 spiro atoms. The average molecular weight is 404 g/mol. The number of fused-ring (bicyclic) bond motifs is 1. The van der Waals surface area contributed by atoms with E-state index in [4.69, 9.17) is 19.2 Å². The van der Waals surface area contributed by atoms with Crippen LogP contribution >= 0.6 is 0 Å². The number of aryl methyl sites for hydroxylation is 1. The van der Waals surface area contributed by atoms with E-state index < -0.39 is 0 Å². The summed E-state index contributed by atoms with van der Waals surface area (Å²) in [6, 6.07) is 16.0. The maximum Gasteiger partial charge on any atom is 0.203 e. The smallest absolute Gasteiger partial charge is 0.203 e. The number of anilines is 2. The molecule has 0 saturated heterocycles. The summed E-state index contributed by atoms with van der Waals surface area (Å²) in [5, 5.41) is 3.32. The lowest BCUT2D eigenvalue weighted by Crippen LogP contribution is -2.00. The van der Waals surface area contributed by atoms with Crippen molar-refractivity contribution in [3.8, 4) is 17.2 Å². The van der Waals surface area contributed by atoms with Crippen LogP contribution in [0.1, 0.15) is 11.4 Å². The molecule has 2 aromatic heterocycles. The van der Waals surface area contributed by atoms with Crippen LogP contribution < -0.4 is 19.5 Å². The van der Waals surface area contributed by atoms with Crippen molar-refractivity contribution in [2.75, 3.05) is 26.6 Å². The Labute approximate surface area is 175 Å². The van der Waals surface area contributed by atoms with Gasteiger partial charge in [-0.05, 0) is 5.56 Å². The molecule has 0 unspecified atom stereocenters. The SMILES string of the molecule is COc1cc(Nc2cc3c(cn2)nc(Cc2ccccc2)n3C)cc(OC)c1OC. The van der Waals surface area contributed by atoms with Gasteiger partial charge in [0.25, 0.3) is 0 Å². The minimum Gasteiger partial charge on any atom is -0.493 e. The van der Waals surface area contributed by atoms with Crippen molar-refractivity contribution in [3.05, 3.63) is 66.1 Å². The first-order valence-corrected chi connectivity index (χ1v) is 9.55. The molecule has 0 aliphatic heterocycles. The zero-order valence-electron chi connectivity index (χ0n) is 17.5. The number of nitrogens with one attached hydrogen (secondary N) is 1. The fraction of sp³-hybridized carbons (Fsp3) is 0.217. The van der Waals surface area contributed by atoms with E-state index in [0.29, 0.717) is 23.1 Å². The number of methoxy groups -OCH3 is 3. The summed E-state index contributed by atoms with van der Waals surface area (Å²) in [6.45, 7) is 0. The highest BCUT2D eigenvalue weighted by molar-refractivity contribution is 5.79. The lowest BCUT2D eigenvalue weighted by atomic mass is 10.1. The number of benzene rings is 2. The largest absolute Gasteiger partial charge is 0.493 e. The number of pyridine rings is 1. The van der Waals surface area contributed by atoms with E-state index in [1.165, 1.54) is 5.56 Å². The molecular weight excluding hydrogens is 380 g/mol. The van der Waals surface area contributed by atoms with E-state index in [0.717, 1.165) is 29.0 Å². The summed E-state index contributed by atoms with van der Waals surface area (Å²) in [7, 11) is 6.79. The lowest BCUT2D eigenvalue weighted by molar-refractivity contribution is 0.324. The summed E-state index contributed by atoms with van der Waals surface area (Å²) in [5.74, 6) is 3.39. The topological polar surface area (TPSA) is 70.4 Å². The molecule has 7 heteroatoms. The van der Waals surface area contributed by atoms with Crippen LogP contribution in [0.2, 0.25) is 0 Å². The summed E-state index contributed by atoms with van der Waals surface area (Å²) < 4.78 is 18.3. The predicted octanol–water partition coefficient (Wildman–Crippen LogP) is 4.33. The Balaban J connectivity index is 1.65. The molecule has 0 fully saturated rings. The summed E-state index contributed by atoms with van der Waals surface area (Å²) in [6.07, 6.45) is 2.55. The molecule has 154 valence electrons. The van der Waals surface area contributed by atoms with Crippen LogP contribution in [-0.4, -0.2) is 35.9 Å². The first-order chi connectivity index (χ1) is 14.6. The Morgan fingerprint density at radius 3 is 2.27 bits per heavy atom. The second-order valence-electron chi connectivity index (χ2n) is 6.85. The number of nitrogens with zero attached hydrogens (tertiary/aromatic N) is 3. The van der Waals surface area contributed by atoms with Gasteiger partial charge in [0.15, 0.2) is 11.5 Å². The summed E-state index contributed by atoms with van der Waals surface area (Å²) >= 11 is 0. The molecule has 30 heavy (non-hydrogen) atoms. The van der Waals surface area contributed by atoms with Crippen molar-refractivity contribution in [2.45, 2.75) is 6.42 Å². The molecule has 0 radical (unpaired) electrons. The molecule has 0 amide bonds. The third-order valence-electron chi connectivity index (χ3n) is 5.00. The van der Waals surface area contributed by atoms with E-state index in [1.54, 1.807) is 27.5 Å². The number of hydrogen-bond donors (Lipinski definition) is 1. The van der Waals surface area contributed by atoms with Gasteiger partial charge in [-0.2, -0.15) is 0 Å². The van der Waals surface area contributed by atoms with E-state index in [2.05, 4.69) is 27.0 Å². The molecule has 0 aliphatic rings. The van der Waals surface area contributed by atoms with Gasteiger partial charge in [0.2, 0.25) is 5.75 Å². The van der Waals surface area contributed by atoms with E-state index in [-0.39, 0.29) is 0 Å². The van der Waals surface area contributed by atoms with Gasteiger partial charge in [-0.25, -0.2) is 9.97 Å². The van der Waals surface area contributed by atoms with Crippen LogP contribution in [-0.2, 0) is 13.5 Å².